The monoisotopic (exact) mass is 284 g/mol. The Balaban J connectivity index is 1.75. The minimum atomic E-state index is -0.0610. The van der Waals surface area contributed by atoms with Crippen LogP contribution in [0.4, 0.5) is 0 Å². The van der Waals surface area contributed by atoms with Crippen LogP contribution in [0, 0.1) is 0 Å². The van der Waals surface area contributed by atoms with Crippen LogP contribution in [0.25, 0.3) is 0 Å². The SMILES string of the molecule is COc1ccc(C2OCCc3cc4c(cc32)OCO4)cc1. The number of rotatable bonds is 2. The second-order valence-corrected chi connectivity index (χ2v) is 5.18. The molecule has 1 atom stereocenters. The van der Waals surface area contributed by atoms with E-state index in [0.29, 0.717) is 13.4 Å². The summed E-state index contributed by atoms with van der Waals surface area (Å²) in [6.45, 7) is 1.01. The van der Waals surface area contributed by atoms with Crippen LogP contribution in [0.3, 0.4) is 0 Å². The van der Waals surface area contributed by atoms with Crippen LogP contribution in [-0.2, 0) is 11.2 Å². The fraction of sp³-hybridized carbons (Fsp3) is 0.294. The van der Waals surface area contributed by atoms with Gasteiger partial charge in [-0.15, -0.1) is 0 Å². The second-order valence-electron chi connectivity index (χ2n) is 5.18. The van der Waals surface area contributed by atoms with E-state index in [1.807, 2.05) is 30.3 Å². The lowest BCUT2D eigenvalue weighted by Gasteiger charge is -2.27. The Morgan fingerprint density at radius 2 is 1.81 bits per heavy atom. The molecule has 2 aliphatic rings. The zero-order chi connectivity index (χ0) is 14.2. The molecule has 4 nitrogen and oxygen atoms in total. The molecule has 0 radical (unpaired) electrons. The summed E-state index contributed by atoms with van der Waals surface area (Å²) in [5.74, 6) is 2.49. The van der Waals surface area contributed by atoms with Crippen molar-refractivity contribution in [2.24, 2.45) is 0 Å². The first-order valence-electron chi connectivity index (χ1n) is 7.03. The molecule has 2 aromatic rings. The summed E-state index contributed by atoms with van der Waals surface area (Å²) in [4.78, 5) is 0. The van der Waals surface area contributed by atoms with Crippen LogP contribution in [0.5, 0.6) is 17.2 Å². The Labute approximate surface area is 123 Å². The van der Waals surface area contributed by atoms with E-state index in [1.54, 1.807) is 7.11 Å². The van der Waals surface area contributed by atoms with Gasteiger partial charge < -0.3 is 18.9 Å². The van der Waals surface area contributed by atoms with Gasteiger partial charge >= 0.3 is 0 Å². The molecule has 2 heterocycles. The summed E-state index contributed by atoms with van der Waals surface area (Å²) in [6.07, 6.45) is 0.840. The van der Waals surface area contributed by atoms with E-state index in [4.69, 9.17) is 18.9 Å². The molecule has 21 heavy (non-hydrogen) atoms. The van der Waals surface area contributed by atoms with Crippen LogP contribution < -0.4 is 14.2 Å². The fourth-order valence-electron chi connectivity index (χ4n) is 2.89. The quantitative estimate of drug-likeness (QED) is 0.849. The predicted molar refractivity (Wildman–Crippen MR) is 77.1 cm³/mol. The van der Waals surface area contributed by atoms with Crippen LogP contribution in [-0.4, -0.2) is 20.5 Å². The van der Waals surface area contributed by atoms with Crippen LogP contribution in [0.15, 0.2) is 36.4 Å². The highest BCUT2D eigenvalue weighted by molar-refractivity contribution is 5.52. The van der Waals surface area contributed by atoms with Crippen LogP contribution in [0.1, 0.15) is 22.8 Å². The molecule has 4 heteroatoms. The summed E-state index contributed by atoms with van der Waals surface area (Å²) in [5.41, 5.74) is 3.55. The van der Waals surface area contributed by atoms with Crippen molar-refractivity contribution in [1.82, 2.24) is 0 Å². The molecular weight excluding hydrogens is 268 g/mol. The number of hydrogen-bond acceptors (Lipinski definition) is 4. The Morgan fingerprint density at radius 3 is 2.57 bits per heavy atom. The van der Waals surface area contributed by atoms with Gasteiger partial charge in [0.25, 0.3) is 0 Å². The Bertz CT molecular complexity index is 663. The standard InChI is InChI=1S/C17H16O4/c1-18-13-4-2-11(3-5-13)17-14-9-16-15(20-10-21-16)8-12(14)6-7-19-17/h2-5,8-9,17H,6-7,10H2,1H3. The summed E-state index contributed by atoms with van der Waals surface area (Å²) in [5, 5.41) is 0. The first-order valence-corrected chi connectivity index (χ1v) is 7.03. The first kappa shape index (κ1) is 12.5. The van der Waals surface area contributed by atoms with Gasteiger partial charge in [-0.1, -0.05) is 12.1 Å². The minimum Gasteiger partial charge on any atom is -0.497 e. The summed E-state index contributed by atoms with van der Waals surface area (Å²) in [6, 6.07) is 12.1. The highest BCUT2D eigenvalue weighted by atomic mass is 16.7. The second kappa shape index (κ2) is 4.97. The molecule has 2 aliphatic heterocycles. The molecular formula is C17H16O4. The summed E-state index contributed by atoms with van der Waals surface area (Å²) >= 11 is 0. The van der Waals surface area contributed by atoms with Gasteiger partial charge in [-0.3, -0.25) is 0 Å². The van der Waals surface area contributed by atoms with Crippen molar-refractivity contribution in [2.45, 2.75) is 12.5 Å². The molecule has 0 saturated carbocycles. The van der Waals surface area contributed by atoms with Crippen molar-refractivity contribution < 1.29 is 18.9 Å². The fourth-order valence-corrected chi connectivity index (χ4v) is 2.89. The van der Waals surface area contributed by atoms with Gasteiger partial charge in [0, 0.05) is 0 Å². The third-order valence-electron chi connectivity index (χ3n) is 3.99. The molecule has 0 spiro atoms. The number of ether oxygens (including phenoxy) is 4. The third-order valence-corrected chi connectivity index (χ3v) is 3.99. The molecule has 0 fully saturated rings. The Morgan fingerprint density at radius 1 is 1.05 bits per heavy atom. The zero-order valence-electron chi connectivity index (χ0n) is 11.8. The van der Waals surface area contributed by atoms with E-state index < -0.39 is 0 Å². The lowest BCUT2D eigenvalue weighted by Crippen LogP contribution is -2.17. The van der Waals surface area contributed by atoms with E-state index in [2.05, 4.69) is 6.07 Å². The molecule has 0 amide bonds. The van der Waals surface area contributed by atoms with E-state index in [-0.39, 0.29) is 6.10 Å². The van der Waals surface area contributed by atoms with E-state index in [9.17, 15) is 0 Å². The van der Waals surface area contributed by atoms with Gasteiger partial charge in [-0.25, -0.2) is 0 Å². The first-order chi connectivity index (χ1) is 10.3. The smallest absolute Gasteiger partial charge is 0.231 e. The third kappa shape index (κ3) is 2.12. The Kier molecular flexibility index (Phi) is 2.97. The van der Waals surface area contributed by atoms with Gasteiger partial charge in [0.1, 0.15) is 11.9 Å². The normalized spacial score (nSPS) is 19.2. The lowest BCUT2D eigenvalue weighted by atomic mass is 9.92. The van der Waals surface area contributed by atoms with Gasteiger partial charge in [0.15, 0.2) is 11.5 Å². The van der Waals surface area contributed by atoms with E-state index in [1.165, 1.54) is 5.56 Å². The zero-order valence-corrected chi connectivity index (χ0v) is 11.8. The molecule has 0 aliphatic carbocycles. The van der Waals surface area contributed by atoms with Gasteiger partial charge in [-0.2, -0.15) is 0 Å². The average Bonchev–Trinajstić information content (AvgIpc) is 2.99. The highest BCUT2D eigenvalue weighted by Crippen LogP contribution is 2.41. The predicted octanol–water partition coefficient (Wildman–Crippen LogP) is 3.09. The van der Waals surface area contributed by atoms with Crippen molar-refractivity contribution in [1.29, 1.82) is 0 Å². The summed E-state index contributed by atoms with van der Waals surface area (Å²) < 4.78 is 22.1. The van der Waals surface area contributed by atoms with Gasteiger partial charge in [0.05, 0.1) is 13.7 Å². The van der Waals surface area contributed by atoms with Crippen molar-refractivity contribution in [3.63, 3.8) is 0 Å². The summed E-state index contributed by atoms with van der Waals surface area (Å²) in [7, 11) is 1.67. The molecule has 4 rings (SSSR count). The number of benzene rings is 2. The Hall–Kier alpha value is -2.20. The molecule has 108 valence electrons. The molecule has 0 N–H and O–H groups in total. The number of hydrogen-bond donors (Lipinski definition) is 0. The average molecular weight is 284 g/mol. The maximum absolute atomic E-state index is 5.99. The van der Waals surface area contributed by atoms with Crippen molar-refractivity contribution in [3.05, 3.63) is 53.1 Å². The van der Waals surface area contributed by atoms with Gasteiger partial charge in [0.2, 0.25) is 6.79 Å². The van der Waals surface area contributed by atoms with E-state index >= 15 is 0 Å². The maximum atomic E-state index is 5.99. The minimum absolute atomic E-state index is 0.0610. The topological polar surface area (TPSA) is 36.9 Å². The maximum Gasteiger partial charge on any atom is 0.231 e. The molecule has 2 aromatic carbocycles. The van der Waals surface area contributed by atoms with Gasteiger partial charge in [-0.05, 0) is 47.4 Å². The number of methoxy groups -OCH3 is 1. The van der Waals surface area contributed by atoms with Crippen molar-refractivity contribution in [2.75, 3.05) is 20.5 Å². The van der Waals surface area contributed by atoms with E-state index in [0.717, 1.165) is 34.8 Å². The highest BCUT2D eigenvalue weighted by Gasteiger charge is 2.26. The van der Waals surface area contributed by atoms with Crippen LogP contribution >= 0.6 is 0 Å². The van der Waals surface area contributed by atoms with Crippen molar-refractivity contribution in [3.8, 4) is 17.2 Å². The molecule has 1 unspecified atom stereocenters. The largest absolute Gasteiger partial charge is 0.497 e. The number of fused-ring (bicyclic) bond motifs is 2. The molecule has 0 saturated heterocycles. The molecule has 0 bridgehead atoms. The lowest BCUT2D eigenvalue weighted by molar-refractivity contribution is 0.0697. The van der Waals surface area contributed by atoms with Crippen LogP contribution in [0.2, 0.25) is 0 Å². The van der Waals surface area contributed by atoms with Crippen molar-refractivity contribution >= 4 is 0 Å². The molecule has 0 aromatic heterocycles.